The SMILES string of the molecule is CCN(CC(=O)O)C1CC(NC(=O)NCCCCc2nc(C)cs2)C1. The number of carboxylic acids is 1. The number of unbranched alkanes of at least 4 members (excludes halogenated alkanes) is 1. The largest absolute Gasteiger partial charge is 0.480 e. The van der Waals surface area contributed by atoms with Crippen molar-refractivity contribution in [3.63, 3.8) is 0 Å². The minimum Gasteiger partial charge on any atom is -0.480 e. The molecule has 2 amide bonds. The first-order valence-electron chi connectivity index (χ1n) is 8.89. The van der Waals surface area contributed by atoms with E-state index in [4.69, 9.17) is 5.11 Å². The van der Waals surface area contributed by atoms with E-state index in [2.05, 4.69) is 21.0 Å². The lowest BCUT2D eigenvalue weighted by Gasteiger charge is -2.42. The number of hydrogen-bond donors (Lipinski definition) is 3. The van der Waals surface area contributed by atoms with Crippen molar-refractivity contribution in [2.75, 3.05) is 19.6 Å². The van der Waals surface area contributed by atoms with Crippen LogP contribution in [0.25, 0.3) is 0 Å². The summed E-state index contributed by atoms with van der Waals surface area (Å²) in [7, 11) is 0. The second-order valence-electron chi connectivity index (χ2n) is 6.52. The standard InChI is InChI=1S/C17H28N4O3S/c1-3-21(10-16(22)23)14-8-13(9-14)20-17(24)18-7-5-4-6-15-19-12(2)11-25-15/h11,13-14H,3-10H2,1-2H3,(H,22,23)(H2,18,20,24). The number of hydrogen-bond acceptors (Lipinski definition) is 5. The maximum Gasteiger partial charge on any atom is 0.317 e. The molecular formula is C17H28N4O3S. The van der Waals surface area contributed by atoms with Crippen molar-refractivity contribution in [1.82, 2.24) is 20.5 Å². The number of thiazole rings is 1. The molecule has 2 rings (SSSR count). The number of aryl methyl sites for hydroxylation is 2. The molecule has 0 bridgehead atoms. The lowest BCUT2D eigenvalue weighted by molar-refractivity contribution is -0.139. The van der Waals surface area contributed by atoms with Gasteiger partial charge in [0, 0.05) is 29.7 Å². The summed E-state index contributed by atoms with van der Waals surface area (Å²) in [5.74, 6) is -0.802. The number of carbonyl (C=O) groups is 2. The number of carboxylic acid groups (broad SMARTS) is 1. The third kappa shape index (κ3) is 6.62. The molecule has 0 atom stereocenters. The van der Waals surface area contributed by atoms with Crippen molar-refractivity contribution in [3.8, 4) is 0 Å². The van der Waals surface area contributed by atoms with E-state index < -0.39 is 5.97 Å². The van der Waals surface area contributed by atoms with Crippen molar-refractivity contribution >= 4 is 23.3 Å². The van der Waals surface area contributed by atoms with Gasteiger partial charge in [-0.05, 0) is 45.6 Å². The molecule has 0 aliphatic heterocycles. The quantitative estimate of drug-likeness (QED) is 0.549. The summed E-state index contributed by atoms with van der Waals surface area (Å²) in [6.45, 7) is 5.40. The Morgan fingerprint density at radius 2 is 2.16 bits per heavy atom. The highest BCUT2D eigenvalue weighted by Crippen LogP contribution is 2.25. The first-order chi connectivity index (χ1) is 12.0. The summed E-state index contributed by atoms with van der Waals surface area (Å²) in [6, 6.07) is 0.272. The predicted octanol–water partition coefficient (Wildman–Crippen LogP) is 2.01. The molecule has 1 aromatic rings. The molecule has 0 unspecified atom stereocenters. The smallest absolute Gasteiger partial charge is 0.317 e. The van der Waals surface area contributed by atoms with Gasteiger partial charge in [-0.25, -0.2) is 9.78 Å². The minimum absolute atomic E-state index is 0.0682. The van der Waals surface area contributed by atoms with Gasteiger partial charge in [0.05, 0.1) is 11.6 Å². The van der Waals surface area contributed by atoms with Crippen LogP contribution in [0.2, 0.25) is 0 Å². The van der Waals surface area contributed by atoms with Gasteiger partial charge in [-0.15, -0.1) is 11.3 Å². The van der Waals surface area contributed by atoms with Crippen molar-refractivity contribution in [1.29, 1.82) is 0 Å². The average molecular weight is 369 g/mol. The molecule has 0 saturated heterocycles. The van der Waals surface area contributed by atoms with Gasteiger partial charge in [-0.2, -0.15) is 0 Å². The number of nitrogens with one attached hydrogen (secondary N) is 2. The Morgan fingerprint density at radius 3 is 2.76 bits per heavy atom. The van der Waals surface area contributed by atoms with Gasteiger partial charge in [0.2, 0.25) is 0 Å². The zero-order valence-corrected chi connectivity index (χ0v) is 15.8. The molecule has 1 aromatic heterocycles. The van der Waals surface area contributed by atoms with Crippen LogP contribution in [0.5, 0.6) is 0 Å². The molecule has 0 radical (unpaired) electrons. The van der Waals surface area contributed by atoms with Crippen LogP contribution < -0.4 is 10.6 Å². The van der Waals surface area contributed by atoms with Gasteiger partial charge >= 0.3 is 12.0 Å². The summed E-state index contributed by atoms with van der Waals surface area (Å²) in [4.78, 5) is 29.0. The molecule has 140 valence electrons. The summed E-state index contributed by atoms with van der Waals surface area (Å²) in [6.07, 6.45) is 4.54. The predicted molar refractivity (Wildman–Crippen MR) is 98.0 cm³/mol. The zero-order chi connectivity index (χ0) is 18.2. The third-order valence-corrected chi connectivity index (χ3v) is 5.51. The molecule has 3 N–H and O–H groups in total. The maximum atomic E-state index is 11.9. The Balaban J connectivity index is 1.52. The normalized spacial score (nSPS) is 19.5. The van der Waals surface area contributed by atoms with Crippen LogP contribution in [0.4, 0.5) is 4.79 Å². The van der Waals surface area contributed by atoms with E-state index in [1.54, 1.807) is 11.3 Å². The van der Waals surface area contributed by atoms with Crippen LogP contribution in [0.15, 0.2) is 5.38 Å². The molecule has 1 aliphatic rings. The van der Waals surface area contributed by atoms with Crippen LogP contribution in [-0.4, -0.2) is 58.7 Å². The Morgan fingerprint density at radius 1 is 1.40 bits per heavy atom. The molecule has 7 nitrogen and oxygen atoms in total. The summed E-state index contributed by atoms with van der Waals surface area (Å²) >= 11 is 1.69. The second-order valence-corrected chi connectivity index (χ2v) is 7.46. The molecule has 1 heterocycles. The molecule has 0 aromatic carbocycles. The van der Waals surface area contributed by atoms with Crippen LogP contribution in [0.1, 0.15) is 43.3 Å². The van der Waals surface area contributed by atoms with Crippen molar-refractivity contribution in [2.45, 2.75) is 58.0 Å². The maximum absolute atomic E-state index is 11.9. The number of aliphatic carboxylic acids is 1. The van der Waals surface area contributed by atoms with Crippen LogP contribution in [0.3, 0.4) is 0 Å². The second kappa shape index (κ2) is 9.72. The van der Waals surface area contributed by atoms with E-state index >= 15 is 0 Å². The lowest BCUT2D eigenvalue weighted by atomic mass is 9.85. The molecule has 8 heteroatoms. The number of likely N-dealkylation sites (N-methyl/N-ethyl adjacent to an activating group) is 1. The van der Waals surface area contributed by atoms with E-state index in [1.165, 1.54) is 0 Å². The Labute approximate surface area is 152 Å². The van der Waals surface area contributed by atoms with Crippen molar-refractivity contribution in [3.05, 3.63) is 16.1 Å². The Kier molecular flexibility index (Phi) is 7.64. The highest BCUT2D eigenvalue weighted by molar-refractivity contribution is 7.09. The third-order valence-electron chi connectivity index (χ3n) is 4.48. The number of amides is 2. The van der Waals surface area contributed by atoms with Gasteiger partial charge in [-0.3, -0.25) is 9.69 Å². The molecule has 0 spiro atoms. The minimum atomic E-state index is -0.802. The number of urea groups is 1. The average Bonchev–Trinajstić information content (AvgIpc) is 2.93. The van der Waals surface area contributed by atoms with Crippen LogP contribution >= 0.6 is 11.3 Å². The molecule has 1 fully saturated rings. The van der Waals surface area contributed by atoms with Crippen molar-refractivity contribution < 1.29 is 14.7 Å². The molecular weight excluding hydrogens is 340 g/mol. The van der Waals surface area contributed by atoms with Gasteiger partial charge in [0.25, 0.3) is 0 Å². The summed E-state index contributed by atoms with van der Waals surface area (Å²) in [5.41, 5.74) is 1.07. The van der Waals surface area contributed by atoms with Gasteiger partial charge in [-0.1, -0.05) is 6.92 Å². The number of nitrogens with zero attached hydrogens (tertiary/aromatic N) is 2. The van der Waals surface area contributed by atoms with E-state index in [1.807, 2.05) is 18.7 Å². The number of rotatable bonds is 10. The van der Waals surface area contributed by atoms with E-state index in [0.29, 0.717) is 13.1 Å². The van der Waals surface area contributed by atoms with Gasteiger partial charge in [0.15, 0.2) is 0 Å². The first-order valence-corrected chi connectivity index (χ1v) is 9.77. The van der Waals surface area contributed by atoms with E-state index in [9.17, 15) is 9.59 Å². The monoisotopic (exact) mass is 368 g/mol. The van der Waals surface area contributed by atoms with Crippen LogP contribution in [-0.2, 0) is 11.2 Å². The summed E-state index contributed by atoms with van der Waals surface area (Å²) < 4.78 is 0. The van der Waals surface area contributed by atoms with Gasteiger partial charge < -0.3 is 15.7 Å². The fourth-order valence-corrected chi connectivity index (χ4v) is 3.85. The first kappa shape index (κ1) is 19.7. The molecule has 25 heavy (non-hydrogen) atoms. The Bertz CT molecular complexity index is 572. The topological polar surface area (TPSA) is 94.6 Å². The highest BCUT2D eigenvalue weighted by Gasteiger charge is 2.34. The van der Waals surface area contributed by atoms with E-state index in [-0.39, 0.29) is 24.7 Å². The Hall–Kier alpha value is -1.67. The molecule has 1 aliphatic carbocycles. The highest BCUT2D eigenvalue weighted by atomic mass is 32.1. The van der Waals surface area contributed by atoms with Crippen molar-refractivity contribution in [2.24, 2.45) is 0 Å². The summed E-state index contributed by atoms with van der Waals surface area (Å²) in [5, 5.41) is 17.9. The van der Waals surface area contributed by atoms with E-state index in [0.717, 1.165) is 42.8 Å². The van der Waals surface area contributed by atoms with Gasteiger partial charge in [0.1, 0.15) is 0 Å². The fraction of sp³-hybridized carbons (Fsp3) is 0.706. The van der Waals surface area contributed by atoms with Crippen LogP contribution in [0, 0.1) is 6.92 Å². The lowest BCUT2D eigenvalue weighted by Crippen LogP contribution is -2.56. The number of carbonyl (C=O) groups excluding carboxylic acids is 1. The molecule has 1 saturated carbocycles. The fourth-order valence-electron chi connectivity index (χ4n) is 3.03. The number of aromatic nitrogens is 1. The zero-order valence-electron chi connectivity index (χ0n) is 15.0.